The van der Waals surface area contributed by atoms with Crippen LogP contribution in [0.3, 0.4) is 0 Å². The average Bonchev–Trinajstić information content (AvgIpc) is 2.78. The number of H-pyrrole nitrogens is 1. The van der Waals surface area contributed by atoms with Gasteiger partial charge < -0.3 is 10.3 Å². The number of amides is 1. The predicted octanol–water partition coefficient (Wildman–Crippen LogP) is 2.18. The van der Waals surface area contributed by atoms with Crippen molar-refractivity contribution in [3.05, 3.63) is 33.9 Å². The minimum absolute atomic E-state index is 0.0685. The highest BCUT2D eigenvalue weighted by Gasteiger charge is 2.13. The molecule has 0 fully saturated rings. The van der Waals surface area contributed by atoms with Gasteiger partial charge in [-0.25, -0.2) is 12.7 Å². The molecular formula is C16H22BrN3O3S. The molecule has 0 atom stereocenters. The second-order valence-corrected chi connectivity index (χ2v) is 8.89. The van der Waals surface area contributed by atoms with Crippen molar-refractivity contribution in [2.75, 3.05) is 26.4 Å². The fourth-order valence-electron chi connectivity index (χ4n) is 2.50. The van der Waals surface area contributed by atoms with Crippen LogP contribution in [0, 0.1) is 6.92 Å². The van der Waals surface area contributed by atoms with Gasteiger partial charge in [0, 0.05) is 41.2 Å². The van der Waals surface area contributed by atoms with E-state index in [2.05, 4.69) is 26.2 Å². The molecule has 0 spiro atoms. The van der Waals surface area contributed by atoms with Gasteiger partial charge in [-0.3, -0.25) is 4.79 Å². The minimum atomic E-state index is -3.17. The number of fused-ring (bicyclic) bond motifs is 1. The number of carbonyl (C=O) groups is 1. The van der Waals surface area contributed by atoms with Crippen LogP contribution < -0.4 is 5.32 Å². The van der Waals surface area contributed by atoms with E-state index >= 15 is 0 Å². The van der Waals surface area contributed by atoms with Crippen molar-refractivity contribution in [1.29, 1.82) is 0 Å². The van der Waals surface area contributed by atoms with E-state index in [0.717, 1.165) is 26.6 Å². The highest BCUT2D eigenvalue weighted by atomic mass is 79.9. The summed E-state index contributed by atoms with van der Waals surface area (Å²) in [7, 11) is -1.63. The van der Waals surface area contributed by atoms with Gasteiger partial charge >= 0.3 is 0 Å². The van der Waals surface area contributed by atoms with Crippen LogP contribution in [0.25, 0.3) is 10.9 Å². The topological polar surface area (TPSA) is 82.3 Å². The number of aromatic nitrogens is 1. The number of nitrogens with one attached hydrogen (secondary N) is 2. The summed E-state index contributed by atoms with van der Waals surface area (Å²) in [5, 5.41) is 3.88. The Labute approximate surface area is 150 Å². The molecule has 0 radical (unpaired) electrons. The van der Waals surface area contributed by atoms with E-state index < -0.39 is 10.0 Å². The Bertz CT molecular complexity index is 846. The Kier molecular flexibility index (Phi) is 6.06. The Morgan fingerprint density at radius 3 is 2.75 bits per heavy atom. The third-order valence-electron chi connectivity index (χ3n) is 3.96. The van der Waals surface area contributed by atoms with Gasteiger partial charge in [-0.15, -0.1) is 0 Å². The SMILES string of the molecule is Cc1[nH]c2ccc(Br)cc2c1CC(=O)NCCCN(C)S(C)(=O)=O. The van der Waals surface area contributed by atoms with Crippen molar-refractivity contribution >= 4 is 42.8 Å². The number of carbonyl (C=O) groups excluding carboxylic acids is 1. The molecule has 2 rings (SSSR count). The Hall–Kier alpha value is -1.38. The van der Waals surface area contributed by atoms with Crippen LogP contribution in [0.15, 0.2) is 22.7 Å². The Morgan fingerprint density at radius 1 is 1.38 bits per heavy atom. The third-order valence-corrected chi connectivity index (χ3v) is 5.77. The molecule has 24 heavy (non-hydrogen) atoms. The molecule has 0 bridgehead atoms. The number of aryl methyl sites for hydroxylation is 1. The smallest absolute Gasteiger partial charge is 0.224 e. The summed E-state index contributed by atoms with van der Waals surface area (Å²) < 4.78 is 24.8. The van der Waals surface area contributed by atoms with Crippen molar-refractivity contribution in [2.24, 2.45) is 0 Å². The van der Waals surface area contributed by atoms with Crippen LogP contribution in [0.5, 0.6) is 0 Å². The van der Waals surface area contributed by atoms with Crippen LogP contribution in [-0.2, 0) is 21.2 Å². The van der Waals surface area contributed by atoms with E-state index in [0.29, 0.717) is 25.9 Å². The van der Waals surface area contributed by atoms with Crippen LogP contribution in [0.1, 0.15) is 17.7 Å². The van der Waals surface area contributed by atoms with Gasteiger partial charge in [-0.05, 0) is 37.1 Å². The maximum Gasteiger partial charge on any atom is 0.224 e. The lowest BCUT2D eigenvalue weighted by Crippen LogP contribution is -2.31. The molecule has 1 aromatic carbocycles. The van der Waals surface area contributed by atoms with Gasteiger partial charge in [0.05, 0.1) is 12.7 Å². The lowest BCUT2D eigenvalue weighted by atomic mass is 10.1. The van der Waals surface area contributed by atoms with E-state index in [1.807, 2.05) is 25.1 Å². The van der Waals surface area contributed by atoms with E-state index in [1.54, 1.807) is 0 Å². The molecular weight excluding hydrogens is 394 g/mol. The molecule has 0 saturated carbocycles. The van der Waals surface area contributed by atoms with Crippen LogP contribution in [0.2, 0.25) is 0 Å². The zero-order chi connectivity index (χ0) is 17.9. The molecule has 8 heteroatoms. The Morgan fingerprint density at radius 2 is 2.08 bits per heavy atom. The van der Waals surface area contributed by atoms with Gasteiger partial charge in [-0.2, -0.15) is 0 Å². The summed E-state index contributed by atoms with van der Waals surface area (Å²) in [6.45, 7) is 2.79. The molecule has 0 unspecified atom stereocenters. The van der Waals surface area contributed by atoms with E-state index in [-0.39, 0.29) is 5.91 Å². The summed E-state index contributed by atoms with van der Waals surface area (Å²) in [6, 6.07) is 5.94. The van der Waals surface area contributed by atoms with E-state index in [1.165, 1.54) is 17.6 Å². The number of benzene rings is 1. The molecule has 6 nitrogen and oxygen atoms in total. The molecule has 2 aromatic rings. The van der Waals surface area contributed by atoms with Crippen LogP contribution in [-0.4, -0.2) is 50.0 Å². The number of sulfonamides is 1. The summed E-state index contributed by atoms with van der Waals surface area (Å²) >= 11 is 3.45. The summed E-state index contributed by atoms with van der Waals surface area (Å²) in [5.74, 6) is -0.0685. The lowest BCUT2D eigenvalue weighted by molar-refractivity contribution is -0.120. The molecule has 1 heterocycles. The predicted molar refractivity (Wildman–Crippen MR) is 99.5 cm³/mol. The number of hydrogen-bond acceptors (Lipinski definition) is 3. The zero-order valence-electron chi connectivity index (χ0n) is 14.0. The largest absolute Gasteiger partial charge is 0.358 e. The third kappa shape index (κ3) is 4.81. The van der Waals surface area contributed by atoms with E-state index in [4.69, 9.17) is 0 Å². The molecule has 1 aromatic heterocycles. The second kappa shape index (κ2) is 7.67. The van der Waals surface area contributed by atoms with Gasteiger partial charge in [0.25, 0.3) is 0 Å². The van der Waals surface area contributed by atoms with Crippen molar-refractivity contribution in [2.45, 2.75) is 19.8 Å². The molecule has 0 aliphatic heterocycles. The highest BCUT2D eigenvalue weighted by Crippen LogP contribution is 2.25. The number of hydrogen-bond donors (Lipinski definition) is 2. The standard InChI is InChI=1S/C16H22BrN3O3S/c1-11-13(14-9-12(17)5-6-15(14)19-11)10-16(21)18-7-4-8-20(2)24(3,22)23/h5-6,9,19H,4,7-8,10H2,1-3H3,(H,18,21). The second-order valence-electron chi connectivity index (χ2n) is 5.88. The molecule has 0 aliphatic carbocycles. The van der Waals surface area contributed by atoms with Gasteiger partial charge in [0.2, 0.25) is 15.9 Å². The molecule has 1 amide bonds. The average molecular weight is 416 g/mol. The maximum absolute atomic E-state index is 12.2. The van der Waals surface area contributed by atoms with Crippen LogP contribution in [0.4, 0.5) is 0 Å². The highest BCUT2D eigenvalue weighted by molar-refractivity contribution is 9.10. The summed E-state index contributed by atoms with van der Waals surface area (Å²) in [6.07, 6.45) is 2.04. The van der Waals surface area contributed by atoms with Gasteiger partial charge in [0.15, 0.2) is 0 Å². The van der Waals surface area contributed by atoms with E-state index in [9.17, 15) is 13.2 Å². The number of halogens is 1. The number of aromatic amines is 1. The van der Waals surface area contributed by atoms with Crippen LogP contribution >= 0.6 is 15.9 Å². The molecule has 0 saturated heterocycles. The van der Waals surface area contributed by atoms with Crippen molar-refractivity contribution in [1.82, 2.24) is 14.6 Å². The molecule has 0 aliphatic rings. The minimum Gasteiger partial charge on any atom is -0.358 e. The fraction of sp³-hybridized carbons (Fsp3) is 0.438. The lowest BCUT2D eigenvalue weighted by Gasteiger charge is -2.13. The van der Waals surface area contributed by atoms with Gasteiger partial charge in [-0.1, -0.05) is 15.9 Å². The first-order valence-corrected chi connectivity index (χ1v) is 10.3. The first-order valence-electron chi connectivity index (χ1n) is 7.63. The summed E-state index contributed by atoms with van der Waals surface area (Å²) in [4.78, 5) is 15.4. The molecule has 132 valence electrons. The first-order chi connectivity index (χ1) is 11.2. The normalized spacial score (nSPS) is 12.0. The number of rotatable bonds is 7. The monoisotopic (exact) mass is 415 g/mol. The summed E-state index contributed by atoms with van der Waals surface area (Å²) in [5.41, 5.74) is 2.97. The van der Waals surface area contributed by atoms with Crippen molar-refractivity contribution < 1.29 is 13.2 Å². The fourth-order valence-corrected chi connectivity index (χ4v) is 3.32. The quantitative estimate of drug-likeness (QED) is 0.679. The molecule has 2 N–H and O–H groups in total. The van der Waals surface area contributed by atoms with Crippen molar-refractivity contribution in [3.63, 3.8) is 0 Å². The zero-order valence-corrected chi connectivity index (χ0v) is 16.4. The van der Waals surface area contributed by atoms with Gasteiger partial charge in [0.1, 0.15) is 0 Å². The maximum atomic E-state index is 12.2. The number of nitrogens with zero attached hydrogens (tertiary/aromatic N) is 1. The van der Waals surface area contributed by atoms with Crippen molar-refractivity contribution in [3.8, 4) is 0 Å². The first kappa shape index (κ1) is 19.0. The Balaban J connectivity index is 1.91.